The van der Waals surface area contributed by atoms with Crippen molar-refractivity contribution in [1.29, 1.82) is 0 Å². The summed E-state index contributed by atoms with van der Waals surface area (Å²) >= 11 is 0. The lowest BCUT2D eigenvalue weighted by atomic mass is 10.0. The molecule has 1 aliphatic heterocycles. The zero-order valence-electron chi connectivity index (χ0n) is 5.75. The van der Waals surface area contributed by atoms with E-state index >= 15 is 0 Å². The summed E-state index contributed by atoms with van der Waals surface area (Å²) in [6.45, 7) is 3.59. The molecule has 0 aromatic heterocycles. The van der Waals surface area contributed by atoms with E-state index in [1.54, 1.807) is 0 Å². The molecule has 2 atom stereocenters. The molecule has 0 saturated carbocycles. The van der Waals surface area contributed by atoms with E-state index in [-0.39, 0.29) is 18.5 Å². The van der Waals surface area contributed by atoms with Crippen molar-refractivity contribution in [3.63, 3.8) is 0 Å². The normalized spacial score (nSPS) is 33.6. The molecule has 3 nitrogen and oxygen atoms in total. The third-order valence-electron chi connectivity index (χ3n) is 1.56. The van der Waals surface area contributed by atoms with Gasteiger partial charge in [-0.15, -0.1) is 0 Å². The Kier molecular flexibility index (Phi) is 2.27. The van der Waals surface area contributed by atoms with Gasteiger partial charge in [-0.25, -0.2) is 0 Å². The first-order valence-corrected chi connectivity index (χ1v) is 3.39. The highest BCUT2D eigenvalue weighted by Gasteiger charge is 2.25. The van der Waals surface area contributed by atoms with Crippen LogP contribution < -0.4 is 0 Å². The van der Waals surface area contributed by atoms with Gasteiger partial charge in [0.05, 0.1) is 12.5 Å². The van der Waals surface area contributed by atoms with Gasteiger partial charge < -0.3 is 9.84 Å². The fourth-order valence-electron chi connectivity index (χ4n) is 1.04. The summed E-state index contributed by atoms with van der Waals surface area (Å²) < 4.78 is 4.84. The molecule has 0 amide bonds. The van der Waals surface area contributed by atoms with Crippen LogP contribution in [0.15, 0.2) is 0 Å². The van der Waals surface area contributed by atoms with Gasteiger partial charge in [0, 0.05) is 6.42 Å². The zero-order valence-corrected chi connectivity index (χ0v) is 5.75. The maximum atomic E-state index is 10.6. The topological polar surface area (TPSA) is 46.5 Å². The fraction of sp³-hybridized carbons (Fsp3) is 0.714. The van der Waals surface area contributed by atoms with Crippen LogP contribution in [-0.2, 0) is 9.53 Å². The smallest absolute Gasteiger partial charge is 0.308 e. The van der Waals surface area contributed by atoms with Crippen molar-refractivity contribution >= 4 is 5.97 Å². The Labute approximate surface area is 60.0 Å². The molecule has 1 rings (SSSR count). The van der Waals surface area contributed by atoms with Crippen molar-refractivity contribution < 1.29 is 14.6 Å². The van der Waals surface area contributed by atoms with Crippen LogP contribution in [0.4, 0.5) is 0 Å². The van der Waals surface area contributed by atoms with Crippen molar-refractivity contribution in [1.82, 2.24) is 0 Å². The molecule has 0 spiro atoms. The van der Waals surface area contributed by atoms with Gasteiger partial charge in [0.15, 0.2) is 0 Å². The molecule has 57 valence electrons. The molecule has 3 heteroatoms. The lowest BCUT2D eigenvalue weighted by Gasteiger charge is -2.24. The summed E-state index contributed by atoms with van der Waals surface area (Å²) in [4.78, 5) is 10.6. The molecule has 1 heterocycles. The number of esters is 1. The molecule has 1 N–H and O–H groups in total. The molecule has 0 aliphatic carbocycles. The standard InChI is InChI=1S/C7H11O3/c1-2-6-3-5(8)4-7(9)10-6/h5-6,8H,1-4H2. The average molecular weight is 143 g/mol. The molecule has 0 aromatic carbocycles. The van der Waals surface area contributed by atoms with Gasteiger partial charge in [0.1, 0.15) is 6.10 Å². The van der Waals surface area contributed by atoms with Crippen LogP contribution in [-0.4, -0.2) is 23.3 Å². The van der Waals surface area contributed by atoms with E-state index in [1.165, 1.54) is 0 Å². The highest BCUT2D eigenvalue weighted by atomic mass is 16.5. The summed E-state index contributed by atoms with van der Waals surface area (Å²) in [5.41, 5.74) is 0. The number of hydrogen-bond acceptors (Lipinski definition) is 3. The summed E-state index contributed by atoms with van der Waals surface area (Å²) in [5.74, 6) is -0.313. The SMILES string of the molecule is [CH2]CC1CC(O)CC(=O)O1. The van der Waals surface area contributed by atoms with Crippen molar-refractivity contribution in [2.45, 2.75) is 31.5 Å². The maximum absolute atomic E-state index is 10.6. The van der Waals surface area contributed by atoms with Gasteiger partial charge in [-0.1, -0.05) is 0 Å². The molecule has 0 aromatic rings. The molecule has 2 unspecified atom stereocenters. The molecule has 1 fully saturated rings. The van der Waals surface area contributed by atoms with E-state index in [1.807, 2.05) is 0 Å². The second kappa shape index (κ2) is 3.01. The average Bonchev–Trinajstić information content (AvgIpc) is 1.85. The van der Waals surface area contributed by atoms with E-state index in [4.69, 9.17) is 9.84 Å². The van der Waals surface area contributed by atoms with E-state index in [0.717, 1.165) is 0 Å². The largest absolute Gasteiger partial charge is 0.462 e. The second-order valence-corrected chi connectivity index (χ2v) is 2.49. The lowest BCUT2D eigenvalue weighted by Crippen LogP contribution is -2.31. The predicted octanol–water partition coefficient (Wildman–Crippen LogP) is 0.277. The van der Waals surface area contributed by atoms with Gasteiger partial charge in [-0.2, -0.15) is 0 Å². The number of ether oxygens (including phenoxy) is 1. The number of aliphatic hydroxyl groups excluding tert-OH is 1. The first kappa shape index (κ1) is 7.54. The van der Waals surface area contributed by atoms with Gasteiger partial charge in [0.25, 0.3) is 0 Å². The van der Waals surface area contributed by atoms with E-state index in [0.29, 0.717) is 12.8 Å². The van der Waals surface area contributed by atoms with Crippen molar-refractivity contribution in [2.75, 3.05) is 0 Å². The Bertz CT molecular complexity index is 133. The Morgan fingerprint density at radius 1 is 1.80 bits per heavy atom. The van der Waals surface area contributed by atoms with E-state index in [9.17, 15) is 4.79 Å². The third kappa shape index (κ3) is 1.70. The van der Waals surface area contributed by atoms with Crippen LogP contribution in [0.3, 0.4) is 0 Å². The monoisotopic (exact) mass is 143 g/mol. The van der Waals surface area contributed by atoms with Crippen LogP contribution in [0.25, 0.3) is 0 Å². The Balaban J connectivity index is 2.42. The fourth-order valence-corrected chi connectivity index (χ4v) is 1.04. The highest BCUT2D eigenvalue weighted by molar-refractivity contribution is 5.70. The van der Waals surface area contributed by atoms with Gasteiger partial charge in [-0.3, -0.25) is 4.79 Å². The van der Waals surface area contributed by atoms with Gasteiger partial charge >= 0.3 is 5.97 Å². The van der Waals surface area contributed by atoms with Crippen LogP contribution in [0.1, 0.15) is 19.3 Å². The Morgan fingerprint density at radius 2 is 2.50 bits per heavy atom. The Morgan fingerprint density at radius 3 is 3.00 bits per heavy atom. The molecular weight excluding hydrogens is 132 g/mol. The second-order valence-electron chi connectivity index (χ2n) is 2.49. The maximum Gasteiger partial charge on any atom is 0.308 e. The minimum Gasteiger partial charge on any atom is -0.462 e. The number of carbonyl (C=O) groups is 1. The molecule has 1 radical (unpaired) electrons. The van der Waals surface area contributed by atoms with Crippen LogP contribution >= 0.6 is 0 Å². The summed E-state index contributed by atoms with van der Waals surface area (Å²) in [5, 5.41) is 9.05. The van der Waals surface area contributed by atoms with Gasteiger partial charge in [0.2, 0.25) is 0 Å². The van der Waals surface area contributed by atoms with E-state index in [2.05, 4.69) is 6.92 Å². The van der Waals surface area contributed by atoms with Crippen molar-refractivity contribution in [2.24, 2.45) is 0 Å². The van der Waals surface area contributed by atoms with Crippen molar-refractivity contribution in [3.05, 3.63) is 6.92 Å². The summed E-state index contributed by atoms with van der Waals surface area (Å²) in [6.07, 6.45) is 0.526. The minimum atomic E-state index is -0.520. The first-order valence-electron chi connectivity index (χ1n) is 3.39. The quantitative estimate of drug-likeness (QED) is 0.536. The number of aliphatic hydroxyl groups is 1. The summed E-state index contributed by atoms with van der Waals surface area (Å²) in [7, 11) is 0. The number of hydrogen-bond donors (Lipinski definition) is 1. The molecule has 1 aliphatic rings. The number of carbonyl (C=O) groups excluding carboxylic acids is 1. The number of rotatable bonds is 1. The van der Waals surface area contributed by atoms with Crippen LogP contribution in [0, 0.1) is 6.92 Å². The Hall–Kier alpha value is -0.570. The predicted molar refractivity (Wildman–Crippen MR) is 35.1 cm³/mol. The van der Waals surface area contributed by atoms with Crippen molar-refractivity contribution in [3.8, 4) is 0 Å². The summed E-state index contributed by atoms with van der Waals surface area (Å²) in [6, 6.07) is 0. The van der Waals surface area contributed by atoms with Gasteiger partial charge in [-0.05, 0) is 13.3 Å². The lowest BCUT2D eigenvalue weighted by molar-refractivity contribution is -0.159. The first-order chi connectivity index (χ1) is 4.72. The van der Waals surface area contributed by atoms with Crippen LogP contribution in [0.5, 0.6) is 0 Å². The minimum absolute atomic E-state index is 0.135. The molecule has 1 saturated heterocycles. The van der Waals surface area contributed by atoms with E-state index < -0.39 is 6.10 Å². The highest BCUT2D eigenvalue weighted by Crippen LogP contribution is 2.16. The molecular formula is C7H11O3. The van der Waals surface area contributed by atoms with Crippen LogP contribution in [0.2, 0.25) is 0 Å². The zero-order chi connectivity index (χ0) is 7.56. The third-order valence-corrected chi connectivity index (χ3v) is 1.56. The molecule has 10 heavy (non-hydrogen) atoms. The number of cyclic esters (lactones) is 1. The molecule has 0 bridgehead atoms.